The van der Waals surface area contributed by atoms with E-state index in [4.69, 9.17) is 5.73 Å². The number of carbonyl (C=O) groups is 2. The fourth-order valence-electron chi connectivity index (χ4n) is 1.42. The van der Waals surface area contributed by atoms with Crippen LogP contribution in [0.2, 0.25) is 0 Å². The molecule has 1 aliphatic carbocycles. The molecule has 5 heteroatoms. The molecule has 2 amide bonds. The van der Waals surface area contributed by atoms with Gasteiger partial charge in [-0.25, -0.2) is 0 Å². The second kappa shape index (κ2) is 6.18. The Morgan fingerprint density at radius 1 is 1.28 bits per heavy atom. The quantitative estimate of drug-likeness (QED) is 0.647. The Labute approximate surface area is 109 Å². The van der Waals surface area contributed by atoms with E-state index in [1.165, 1.54) is 0 Å². The van der Waals surface area contributed by atoms with Crippen LogP contribution in [0.5, 0.6) is 0 Å². The molecule has 1 fully saturated rings. The summed E-state index contributed by atoms with van der Waals surface area (Å²) in [7, 11) is 0. The first-order valence-electron chi connectivity index (χ1n) is 6.60. The molecule has 18 heavy (non-hydrogen) atoms. The molecule has 5 nitrogen and oxygen atoms in total. The predicted molar refractivity (Wildman–Crippen MR) is 70.8 cm³/mol. The SMILES string of the molecule is CC(C)(C)C(N)CC(=O)NCCC(=O)NC1CC1. The standard InChI is InChI=1S/C13H25N3O2/c1-13(2,3)10(14)8-12(18)15-7-6-11(17)16-9-4-5-9/h9-10H,4-8,14H2,1-3H3,(H,15,18)(H,16,17). The van der Waals surface area contributed by atoms with Crippen LogP contribution < -0.4 is 16.4 Å². The second-order valence-corrected chi connectivity index (χ2v) is 6.12. The highest BCUT2D eigenvalue weighted by Gasteiger charge is 2.24. The van der Waals surface area contributed by atoms with Gasteiger partial charge in [0.25, 0.3) is 0 Å². The van der Waals surface area contributed by atoms with Crippen molar-refractivity contribution in [2.75, 3.05) is 6.54 Å². The molecule has 0 bridgehead atoms. The molecule has 0 aliphatic heterocycles. The Balaban J connectivity index is 2.10. The lowest BCUT2D eigenvalue weighted by Gasteiger charge is -2.26. The Hall–Kier alpha value is -1.10. The van der Waals surface area contributed by atoms with E-state index in [1.54, 1.807) is 0 Å². The summed E-state index contributed by atoms with van der Waals surface area (Å²) in [4.78, 5) is 23.0. The fourth-order valence-corrected chi connectivity index (χ4v) is 1.42. The van der Waals surface area contributed by atoms with E-state index in [-0.39, 0.29) is 23.3 Å². The van der Waals surface area contributed by atoms with Gasteiger partial charge in [-0.1, -0.05) is 20.8 Å². The largest absolute Gasteiger partial charge is 0.356 e. The number of carbonyl (C=O) groups excluding carboxylic acids is 2. The van der Waals surface area contributed by atoms with Gasteiger partial charge in [0.2, 0.25) is 11.8 Å². The first kappa shape index (κ1) is 15.0. The van der Waals surface area contributed by atoms with Crippen LogP contribution in [0.25, 0.3) is 0 Å². The first-order valence-corrected chi connectivity index (χ1v) is 6.60. The molecular formula is C13H25N3O2. The number of hydrogen-bond donors (Lipinski definition) is 3. The zero-order chi connectivity index (χ0) is 13.8. The number of hydrogen-bond acceptors (Lipinski definition) is 3. The smallest absolute Gasteiger partial charge is 0.221 e. The van der Waals surface area contributed by atoms with Crippen LogP contribution in [0.15, 0.2) is 0 Å². The summed E-state index contributed by atoms with van der Waals surface area (Å²) in [5.41, 5.74) is 5.83. The van der Waals surface area contributed by atoms with Crippen LogP contribution >= 0.6 is 0 Å². The van der Waals surface area contributed by atoms with Gasteiger partial charge in [-0.05, 0) is 18.3 Å². The van der Waals surface area contributed by atoms with Gasteiger partial charge in [-0.15, -0.1) is 0 Å². The van der Waals surface area contributed by atoms with E-state index < -0.39 is 0 Å². The lowest BCUT2D eigenvalue weighted by molar-refractivity contribution is -0.122. The summed E-state index contributed by atoms with van der Waals surface area (Å²) in [5.74, 6) is -0.0745. The van der Waals surface area contributed by atoms with Gasteiger partial charge in [-0.2, -0.15) is 0 Å². The summed E-state index contributed by atoms with van der Waals surface area (Å²) < 4.78 is 0. The predicted octanol–water partition coefficient (Wildman–Crippen LogP) is 0.535. The van der Waals surface area contributed by atoms with Crippen LogP contribution in [-0.2, 0) is 9.59 Å². The van der Waals surface area contributed by atoms with Crippen LogP contribution in [0, 0.1) is 5.41 Å². The third-order valence-corrected chi connectivity index (χ3v) is 3.13. The molecule has 0 aromatic rings. The minimum atomic E-state index is -0.169. The fraction of sp³-hybridized carbons (Fsp3) is 0.846. The Morgan fingerprint density at radius 2 is 1.89 bits per heavy atom. The number of nitrogens with one attached hydrogen (secondary N) is 2. The van der Waals surface area contributed by atoms with Crippen molar-refractivity contribution in [3.63, 3.8) is 0 Å². The zero-order valence-corrected chi connectivity index (χ0v) is 11.6. The second-order valence-electron chi connectivity index (χ2n) is 6.12. The van der Waals surface area contributed by atoms with E-state index in [0.29, 0.717) is 25.4 Å². The number of rotatable bonds is 6. The van der Waals surface area contributed by atoms with Crippen molar-refractivity contribution >= 4 is 11.8 Å². The van der Waals surface area contributed by atoms with Crippen molar-refractivity contribution in [2.24, 2.45) is 11.1 Å². The van der Waals surface area contributed by atoms with Gasteiger partial charge in [0.1, 0.15) is 0 Å². The maximum Gasteiger partial charge on any atom is 0.221 e. The monoisotopic (exact) mass is 255 g/mol. The topological polar surface area (TPSA) is 84.2 Å². The van der Waals surface area contributed by atoms with E-state index in [2.05, 4.69) is 10.6 Å². The average molecular weight is 255 g/mol. The zero-order valence-electron chi connectivity index (χ0n) is 11.6. The maximum absolute atomic E-state index is 11.6. The molecule has 0 radical (unpaired) electrons. The lowest BCUT2D eigenvalue weighted by atomic mass is 9.85. The van der Waals surface area contributed by atoms with E-state index in [1.807, 2.05) is 20.8 Å². The molecule has 1 saturated carbocycles. The Kier molecular flexibility index (Phi) is 5.14. The van der Waals surface area contributed by atoms with Gasteiger partial charge in [0.05, 0.1) is 0 Å². The number of nitrogens with two attached hydrogens (primary N) is 1. The van der Waals surface area contributed by atoms with Crippen LogP contribution in [0.3, 0.4) is 0 Å². The molecule has 1 rings (SSSR count). The summed E-state index contributed by atoms with van der Waals surface area (Å²) in [6.45, 7) is 6.41. The molecule has 1 unspecified atom stereocenters. The van der Waals surface area contributed by atoms with E-state index in [9.17, 15) is 9.59 Å². The van der Waals surface area contributed by atoms with Gasteiger partial charge >= 0.3 is 0 Å². The summed E-state index contributed by atoms with van der Waals surface area (Å²) >= 11 is 0. The van der Waals surface area contributed by atoms with Crippen LogP contribution in [0.4, 0.5) is 0 Å². The molecule has 104 valence electrons. The molecule has 1 atom stereocenters. The Morgan fingerprint density at radius 3 is 2.39 bits per heavy atom. The van der Waals surface area contributed by atoms with Crippen molar-refractivity contribution in [1.82, 2.24) is 10.6 Å². The molecule has 0 aromatic heterocycles. The van der Waals surface area contributed by atoms with Gasteiger partial charge in [0, 0.05) is 31.5 Å². The van der Waals surface area contributed by atoms with Gasteiger partial charge < -0.3 is 16.4 Å². The molecular weight excluding hydrogens is 230 g/mol. The third-order valence-electron chi connectivity index (χ3n) is 3.13. The van der Waals surface area contributed by atoms with Crippen molar-refractivity contribution in [3.8, 4) is 0 Å². The van der Waals surface area contributed by atoms with Gasteiger partial charge in [-0.3, -0.25) is 9.59 Å². The Bertz CT molecular complexity index is 306. The summed E-state index contributed by atoms with van der Waals surface area (Å²) in [6, 6.07) is 0.209. The van der Waals surface area contributed by atoms with E-state index in [0.717, 1.165) is 12.8 Å². The normalized spacial score (nSPS) is 17.1. The molecule has 0 saturated heterocycles. The minimum Gasteiger partial charge on any atom is -0.356 e. The highest BCUT2D eigenvalue weighted by Crippen LogP contribution is 2.19. The highest BCUT2D eigenvalue weighted by molar-refractivity contribution is 5.79. The molecule has 4 N–H and O–H groups in total. The molecule has 0 aromatic carbocycles. The first-order chi connectivity index (χ1) is 8.29. The van der Waals surface area contributed by atoms with Crippen LogP contribution in [-0.4, -0.2) is 30.4 Å². The van der Waals surface area contributed by atoms with Crippen LogP contribution in [0.1, 0.15) is 46.5 Å². The third kappa shape index (κ3) is 6.00. The molecule has 1 aliphatic rings. The molecule has 0 spiro atoms. The lowest BCUT2D eigenvalue weighted by Crippen LogP contribution is -2.40. The average Bonchev–Trinajstić information content (AvgIpc) is 2.99. The van der Waals surface area contributed by atoms with Gasteiger partial charge in [0.15, 0.2) is 0 Å². The van der Waals surface area contributed by atoms with Crippen molar-refractivity contribution in [3.05, 3.63) is 0 Å². The number of amides is 2. The van der Waals surface area contributed by atoms with Crippen molar-refractivity contribution in [2.45, 2.75) is 58.5 Å². The van der Waals surface area contributed by atoms with E-state index >= 15 is 0 Å². The van der Waals surface area contributed by atoms with Crippen molar-refractivity contribution < 1.29 is 9.59 Å². The molecule has 0 heterocycles. The minimum absolute atomic E-state index is 0.0120. The van der Waals surface area contributed by atoms with Crippen molar-refractivity contribution in [1.29, 1.82) is 0 Å². The summed E-state index contributed by atoms with van der Waals surface area (Å²) in [6.07, 6.45) is 2.80. The summed E-state index contributed by atoms with van der Waals surface area (Å²) in [5, 5.41) is 5.61. The maximum atomic E-state index is 11.6. The highest BCUT2D eigenvalue weighted by atomic mass is 16.2.